The van der Waals surface area contributed by atoms with Crippen LogP contribution in [-0.4, -0.2) is 15.0 Å². The van der Waals surface area contributed by atoms with Gasteiger partial charge in [-0.05, 0) is 18.1 Å². The molecule has 0 spiro atoms. The zero-order valence-corrected chi connectivity index (χ0v) is 7.79. The molecule has 1 nitrogen and oxygen atoms in total. The van der Waals surface area contributed by atoms with Gasteiger partial charge in [-0.1, -0.05) is 30.9 Å². The monoisotopic (exact) mass is 160 g/mol. The maximum atomic E-state index is 5.82. The summed E-state index contributed by atoms with van der Waals surface area (Å²) in [5.41, 5.74) is 1.99. The van der Waals surface area contributed by atoms with E-state index in [1.807, 2.05) is 18.2 Å². The summed E-state index contributed by atoms with van der Waals surface area (Å²) in [6.45, 7) is 4.25. The fourth-order valence-corrected chi connectivity index (χ4v) is 1.21. The van der Waals surface area contributed by atoms with Crippen molar-refractivity contribution in [2.24, 2.45) is 0 Å². The Morgan fingerprint density at radius 2 is 2.00 bits per heavy atom. The Bertz CT molecular complexity index is 269. The number of rotatable bonds is 2. The average Bonchev–Trinajstić information content (AvgIpc) is 2.03. The fraction of sp³-hybridized carbons (Fsp3) is 0.400. The highest BCUT2D eigenvalue weighted by Crippen LogP contribution is 2.15. The van der Waals surface area contributed by atoms with Crippen molar-refractivity contribution in [3.05, 3.63) is 23.8 Å². The molecule has 0 aliphatic carbocycles. The molecular weight excluding hydrogens is 147 g/mol. The second-order valence-corrected chi connectivity index (χ2v) is 3.15. The van der Waals surface area contributed by atoms with Crippen molar-refractivity contribution < 1.29 is 4.74 Å². The lowest BCUT2D eigenvalue weighted by Crippen LogP contribution is -2.11. The SMILES string of the molecule is [B]c1cc(OC)ccc1C(C)C. The van der Waals surface area contributed by atoms with Gasteiger partial charge < -0.3 is 4.74 Å². The van der Waals surface area contributed by atoms with Crippen molar-refractivity contribution in [2.75, 3.05) is 7.11 Å². The van der Waals surface area contributed by atoms with Crippen molar-refractivity contribution in [3.8, 4) is 5.75 Å². The molecule has 2 heteroatoms. The molecule has 62 valence electrons. The topological polar surface area (TPSA) is 9.23 Å². The van der Waals surface area contributed by atoms with Gasteiger partial charge in [-0.15, -0.1) is 0 Å². The van der Waals surface area contributed by atoms with Crippen molar-refractivity contribution in [1.82, 2.24) is 0 Å². The van der Waals surface area contributed by atoms with Gasteiger partial charge in [0.25, 0.3) is 0 Å². The molecule has 0 bridgehead atoms. The normalized spacial score (nSPS) is 10.3. The highest BCUT2D eigenvalue weighted by atomic mass is 16.5. The predicted octanol–water partition coefficient (Wildman–Crippen LogP) is 1.61. The molecule has 1 aromatic carbocycles. The zero-order chi connectivity index (χ0) is 9.14. The Kier molecular flexibility index (Phi) is 2.80. The van der Waals surface area contributed by atoms with Crippen LogP contribution in [0, 0.1) is 0 Å². The van der Waals surface area contributed by atoms with Crippen LogP contribution < -0.4 is 10.2 Å². The van der Waals surface area contributed by atoms with E-state index in [0.717, 1.165) is 11.2 Å². The van der Waals surface area contributed by atoms with Crippen molar-refractivity contribution in [3.63, 3.8) is 0 Å². The highest BCUT2D eigenvalue weighted by molar-refractivity contribution is 6.33. The molecule has 0 aliphatic heterocycles. The second kappa shape index (κ2) is 3.66. The lowest BCUT2D eigenvalue weighted by molar-refractivity contribution is 0.415. The third kappa shape index (κ3) is 1.82. The van der Waals surface area contributed by atoms with E-state index < -0.39 is 0 Å². The Morgan fingerprint density at radius 3 is 2.42 bits per heavy atom. The van der Waals surface area contributed by atoms with Gasteiger partial charge in [-0.25, -0.2) is 0 Å². The number of benzene rings is 1. The maximum absolute atomic E-state index is 5.82. The summed E-state index contributed by atoms with van der Waals surface area (Å²) in [6.07, 6.45) is 0. The first-order chi connectivity index (χ1) is 5.65. The fourth-order valence-electron chi connectivity index (χ4n) is 1.21. The molecule has 2 radical (unpaired) electrons. The van der Waals surface area contributed by atoms with Gasteiger partial charge in [0.2, 0.25) is 0 Å². The van der Waals surface area contributed by atoms with Crippen LogP contribution in [0.5, 0.6) is 5.75 Å². The van der Waals surface area contributed by atoms with E-state index in [9.17, 15) is 0 Å². The molecule has 0 amide bonds. The molecular formula is C10H13BO. The Labute approximate surface area is 75.2 Å². The number of hydrogen-bond donors (Lipinski definition) is 0. The van der Waals surface area contributed by atoms with Gasteiger partial charge in [0.15, 0.2) is 0 Å². The molecule has 0 saturated carbocycles. The molecule has 0 saturated heterocycles. The van der Waals surface area contributed by atoms with Crippen molar-refractivity contribution >= 4 is 13.3 Å². The number of ether oxygens (including phenoxy) is 1. The van der Waals surface area contributed by atoms with Crippen molar-refractivity contribution in [1.29, 1.82) is 0 Å². The highest BCUT2D eigenvalue weighted by Gasteiger charge is 2.02. The van der Waals surface area contributed by atoms with Crippen molar-refractivity contribution in [2.45, 2.75) is 19.8 Å². The lowest BCUT2D eigenvalue weighted by Gasteiger charge is -2.10. The Balaban J connectivity index is 3.03. The molecule has 0 heterocycles. The van der Waals surface area contributed by atoms with E-state index in [2.05, 4.69) is 13.8 Å². The van der Waals surface area contributed by atoms with Crippen LogP contribution in [0.4, 0.5) is 0 Å². The van der Waals surface area contributed by atoms with Gasteiger partial charge in [-0.3, -0.25) is 0 Å². The molecule has 0 aliphatic rings. The molecule has 1 rings (SSSR count). The minimum absolute atomic E-state index is 0.468. The third-order valence-corrected chi connectivity index (χ3v) is 1.92. The molecule has 12 heavy (non-hydrogen) atoms. The van der Waals surface area contributed by atoms with E-state index in [0.29, 0.717) is 5.92 Å². The average molecular weight is 160 g/mol. The summed E-state index contributed by atoms with van der Waals surface area (Å²) < 4.78 is 5.05. The Hall–Kier alpha value is -0.915. The van der Waals surface area contributed by atoms with Crippen LogP contribution >= 0.6 is 0 Å². The quantitative estimate of drug-likeness (QED) is 0.597. The first-order valence-electron chi connectivity index (χ1n) is 4.08. The van der Waals surface area contributed by atoms with E-state index in [1.165, 1.54) is 5.56 Å². The third-order valence-electron chi connectivity index (χ3n) is 1.92. The molecule has 0 unspecified atom stereocenters. The molecule has 0 aromatic heterocycles. The van der Waals surface area contributed by atoms with Gasteiger partial charge in [0.05, 0.1) is 7.11 Å². The van der Waals surface area contributed by atoms with E-state index in [-0.39, 0.29) is 0 Å². The minimum Gasteiger partial charge on any atom is -0.497 e. The van der Waals surface area contributed by atoms with Crippen LogP contribution in [0.3, 0.4) is 0 Å². The largest absolute Gasteiger partial charge is 0.497 e. The van der Waals surface area contributed by atoms with E-state index in [4.69, 9.17) is 12.6 Å². The summed E-state index contributed by atoms with van der Waals surface area (Å²) in [4.78, 5) is 0. The summed E-state index contributed by atoms with van der Waals surface area (Å²) in [5.74, 6) is 1.29. The summed E-state index contributed by atoms with van der Waals surface area (Å²) >= 11 is 0. The number of hydrogen-bond acceptors (Lipinski definition) is 1. The van der Waals surface area contributed by atoms with E-state index >= 15 is 0 Å². The van der Waals surface area contributed by atoms with Crippen LogP contribution in [0.1, 0.15) is 25.3 Å². The standard InChI is InChI=1S/C10H13BO/c1-7(2)9-5-4-8(12-3)6-10(9)11/h4-7H,1-3H3. The van der Waals surface area contributed by atoms with Gasteiger partial charge >= 0.3 is 0 Å². The molecule has 1 aromatic rings. The van der Waals surface area contributed by atoms with Crippen LogP contribution in [0.15, 0.2) is 18.2 Å². The Morgan fingerprint density at radius 1 is 1.33 bits per heavy atom. The van der Waals surface area contributed by atoms with Gasteiger partial charge in [0, 0.05) is 0 Å². The summed E-state index contributed by atoms with van der Waals surface area (Å²) in [7, 11) is 7.46. The van der Waals surface area contributed by atoms with E-state index in [1.54, 1.807) is 7.11 Å². The van der Waals surface area contributed by atoms with Gasteiger partial charge in [-0.2, -0.15) is 0 Å². The summed E-state index contributed by atoms with van der Waals surface area (Å²) in [5, 5.41) is 0. The second-order valence-electron chi connectivity index (χ2n) is 3.15. The first-order valence-corrected chi connectivity index (χ1v) is 4.08. The molecule has 0 N–H and O–H groups in total. The molecule has 0 atom stereocenters. The van der Waals surface area contributed by atoms with Crippen LogP contribution in [-0.2, 0) is 0 Å². The number of methoxy groups -OCH3 is 1. The van der Waals surface area contributed by atoms with Crippen LogP contribution in [0.2, 0.25) is 0 Å². The smallest absolute Gasteiger partial charge is 0.118 e. The lowest BCUT2D eigenvalue weighted by atomic mass is 9.85. The predicted molar refractivity (Wildman–Crippen MR) is 52.5 cm³/mol. The van der Waals surface area contributed by atoms with Crippen LogP contribution in [0.25, 0.3) is 0 Å². The molecule has 0 fully saturated rings. The minimum atomic E-state index is 0.468. The zero-order valence-electron chi connectivity index (χ0n) is 7.79. The summed E-state index contributed by atoms with van der Waals surface area (Å²) in [6, 6.07) is 5.81. The first kappa shape index (κ1) is 9.18. The maximum Gasteiger partial charge on any atom is 0.118 e. The van der Waals surface area contributed by atoms with Gasteiger partial charge in [0.1, 0.15) is 13.6 Å².